The monoisotopic (exact) mass is 457 g/mol. The molecule has 0 unspecified atom stereocenters. The molecule has 3 nitrogen and oxygen atoms in total. The number of anilines is 2. The van der Waals surface area contributed by atoms with Gasteiger partial charge in [0.15, 0.2) is 5.11 Å². The van der Waals surface area contributed by atoms with Crippen LogP contribution in [0.4, 0.5) is 11.4 Å². The molecule has 1 heterocycles. The maximum atomic E-state index is 6.31. The number of benzene rings is 2. The highest BCUT2D eigenvalue weighted by Crippen LogP contribution is 2.29. The zero-order chi connectivity index (χ0) is 22.4. The molecule has 168 valence electrons. The second kappa shape index (κ2) is 11.2. The van der Waals surface area contributed by atoms with Crippen LogP contribution >= 0.6 is 23.8 Å². The molecule has 0 bridgehead atoms. The molecule has 5 heteroatoms. The zero-order valence-corrected chi connectivity index (χ0v) is 21.0. The number of hydrogen-bond donors (Lipinski definition) is 1. The summed E-state index contributed by atoms with van der Waals surface area (Å²) in [6, 6.07) is 13.3. The Morgan fingerprint density at radius 1 is 1.26 bits per heavy atom. The summed E-state index contributed by atoms with van der Waals surface area (Å²) in [6.07, 6.45) is 5.94. The molecule has 1 aliphatic rings. The summed E-state index contributed by atoms with van der Waals surface area (Å²) in [5.41, 5.74) is 6.23. The lowest BCUT2D eigenvalue weighted by Gasteiger charge is -2.34. The first-order valence-electron chi connectivity index (χ1n) is 11.6. The van der Waals surface area contributed by atoms with Crippen molar-refractivity contribution in [1.29, 1.82) is 0 Å². The maximum absolute atomic E-state index is 6.31. The Morgan fingerprint density at radius 3 is 2.81 bits per heavy atom. The van der Waals surface area contributed by atoms with Gasteiger partial charge in [-0.3, -0.25) is 0 Å². The van der Waals surface area contributed by atoms with Crippen molar-refractivity contribution in [2.24, 2.45) is 0 Å². The molecule has 31 heavy (non-hydrogen) atoms. The van der Waals surface area contributed by atoms with Gasteiger partial charge in [0, 0.05) is 42.1 Å². The van der Waals surface area contributed by atoms with E-state index in [1.54, 1.807) is 0 Å². The Balaban J connectivity index is 1.78. The average molecular weight is 458 g/mol. The molecular weight excluding hydrogens is 422 g/mol. The summed E-state index contributed by atoms with van der Waals surface area (Å²) in [5.74, 6) is 0. The molecule has 0 spiro atoms. The molecule has 1 atom stereocenters. The molecule has 3 rings (SSSR count). The van der Waals surface area contributed by atoms with Crippen LogP contribution < -0.4 is 10.2 Å². The topological polar surface area (TPSA) is 18.5 Å². The molecule has 0 saturated heterocycles. The standard InChI is InChI=1S/C26H36ClN3S/c1-5-7-15-29-16-9-10-22-17-21(13-14-25(22)29)18-30(19(3)6-2)26(31)28-24-12-8-11-23(27)20(24)4/h8,11-14,17,19H,5-7,9-10,15-16,18H2,1-4H3,(H,28,31)/t19-/m1/s1. The van der Waals surface area contributed by atoms with Crippen molar-refractivity contribution in [3.8, 4) is 0 Å². The number of fused-ring (bicyclic) bond motifs is 1. The van der Waals surface area contributed by atoms with Crippen molar-refractivity contribution in [3.05, 3.63) is 58.1 Å². The number of halogens is 1. The van der Waals surface area contributed by atoms with Gasteiger partial charge >= 0.3 is 0 Å². The minimum absolute atomic E-state index is 0.344. The molecular formula is C26H36ClN3S. The number of nitrogens with zero attached hydrogens (tertiary/aromatic N) is 2. The maximum Gasteiger partial charge on any atom is 0.173 e. The van der Waals surface area contributed by atoms with Crippen LogP contribution in [0, 0.1) is 6.92 Å². The van der Waals surface area contributed by atoms with E-state index in [2.05, 4.69) is 54.1 Å². The summed E-state index contributed by atoms with van der Waals surface area (Å²) < 4.78 is 0. The Hall–Kier alpha value is -1.78. The van der Waals surface area contributed by atoms with Gasteiger partial charge in [-0.2, -0.15) is 0 Å². The first-order chi connectivity index (χ1) is 14.9. The fourth-order valence-corrected chi connectivity index (χ4v) is 4.71. The van der Waals surface area contributed by atoms with Crippen molar-refractivity contribution in [2.75, 3.05) is 23.3 Å². The van der Waals surface area contributed by atoms with Gasteiger partial charge in [-0.15, -0.1) is 0 Å². The third-order valence-electron chi connectivity index (χ3n) is 6.39. The van der Waals surface area contributed by atoms with Gasteiger partial charge in [0.25, 0.3) is 0 Å². The van der Waals surface area contributed by atoms with Crippen LogP contribution in [0.5, 0.6) is 0 Å². The van der Waals surface area contributed by atoms with Gasteiger partial charge in [-0.25, -0.2) is 0 Å². The van der Waals surface area contributed by atoms with E-state index >= 15 is 0 Å². The quantitative estimate of drug-likeness (QED) is 0.422. The number of hydrogen-bond acceptors (Lipinski definition) is 2. The van der Waals surface area contributed by atoms with Crippen molar-refractivity contribution in [1.82, 2.24) is 4.90 Å². The van der Waals surface area contributed by atoms with E-state index in [4.69, 9.17) is 23.8 Å². The highest BCUT2D eigenvalue weighted by atomic mass is 35.5. The van der Waals surface area contributed by atoms with Crippen molar-refractivity contribution in [2.45, 2.75) is 72.4 Å². The minimum atomic E-state index is 0.344. The van der Waals surface area contributed by atoms with E-state index in [1.165, 1.54) is 49.0 Å². The summed E-state index contributed by atoms with van der Waals surface area (Å²) in [5, 5.41) is 4.95. The lowest BCUT2D eigenvalue weighted by atomic mass is 9.98. The van der Waals surface area contributed by atoms with Gasteiger partial charge in [0.1, 0.15) is 0 Å². The highest BCUT2D eigenvalue weighted by molar-refractivity contribution is 7.80. The average Bonchev–Trinajstić information content (AvgIpc) is 2.78. The van der Waals surface area contributed by atoms with Crippen molar-refractivity contribution < 1.29 is 0 Å². The van der Waals surface area contributed by atoms with Gasteiger partial charge < -0.3 is 15.1 Å². The molecule has 0 radical (unpaired) electrons. The summed E-state index contributed by atoms with van der Waals surface area (Å²) in [4.78, 5) is 4.86. The molecule has 0 aliphatic carbocycles. The highest BCUT2D eigenvalue weighted by Gasteiger charge is 2.20. The lowest BCUT2D eigenvalue weighted by molar-refractivity contribution is 0.319. The lowest BCUT2D eigenvalue weighted by Crippen LogP contribution is -2.40. The van der Waals surface area contributed by atoms with E-state index in [9.17, 15) is 0 Å². The van der Waals surface area contributed by atoms with Crippen molar-refractivity contribution >= 4 is 40.3 Å². The molecule has 0 saturated carbocycles. The van der Waals surface area contributed by atoms with Crippen LogP contribution in [-0.2, 0) is 13.0 Å². The van der Waals surface area contributed by atoms with Gasteiger partial charge in [0.2, 0.25) is 0 Å². The molecule has 1 N–H and O–H groups in total. The fraction of sp³-hybridized carbons (Fsp3) is 0.500. The van der Waals surface area contributed by atoms with Crippen molar-refractivity contribution in [3.63, 3.8) is 0 Å². The van der Waals surface area contributed by atoms with E-state index in [1.807, 2.05) is 25.1 Å². The minimum Gasteiger partial charge on any atom is -0.371 e. The van der Waals surface area contributed by atoms with E-state index < -0.39 is 0 Å². The molecule has 0 amide bonds. The zero-order valence-electron chi connectivity index (χ0n) is 19.4. The van der Waals surface area contributed by atoms with E-state index in [0.29, 0.717) is 6.04 Å². The van der Waals surface area contributed by atoms with E-state index in [0.717, 1.165) is 40.9 Å². The Bertz CT molecular complexity index is 898. The van der Waals surface area contributed by atoms with Gasteiger partial charge in [-0.05, 0) is 86.6 Å². The predicted octanol–water partition coefficient (Wildman–Crippen LogP) is 7.20. The molecule has 1 aliphatic heterocycles. The smallest absolute Gasteiger partial charge is 0.173 e. The third-order valence-corrected chi connectivity index (χ3v) is 7.13. The van der Waals surface area contributed by atoms with Crippen LogP contribution in [0.2, 0.25) is 5.02 Å². The first kappa shape index (κ1) is 23.9. The number of thiocarbonyl (C=S) groups is 1. The Morgan fingerprint density at radius 2 is 2.06 bits per heavy atom. The Labute approximate surface area is 198 Å². The number of aryl methyl sites for hydroxylation is 1. The normalized spacial score (nSPS) is 14.2. The van der Waals surface area contributed by atoms with Crippen LogP contribution in [0.15, 0.2) is 36.4 Å². The van der Waals surface area contributed by atoms with Crippen LogP contribution in [-0.4, -0.2) is 29.1 Å². The number of rotatable bonds is 8. The second-order valence-corrected chi connectivity index (χ2v) is 9.43. The number of nitrogens with one attached hydrogen (secondary N) is 1. The number of unbranched alkanes of at least 4 members (excludes halogenated alkanes) is 1. The van der Waals surface area contributed by atoms with Crippen LogP contribution in [0.25, 0.3) is 0 Å². The van der Waals surface area contributed by atoms with Crippen LogP contribution in [0.1, 0.15) is 63.1 Å². The Kier molecular flexibility index (Phi) is 8.62. The molecule has 2 aromatic carbocycles. The fourth-order valence-electron chi connectivity index (χ4n) is 4.18. The first-order valence-corrected chi connectivity index (χ1v) is 12.4. The SMILES string of the molecule is CCCCN1CCCc2cc(CN(C(=S)Nc3cccc(Cl)c3C)[C@H](C)CC)ccc21. The summed E-state index contributed by atoms with van der Waals surface area (Å²) >= 11 is 12.2. The molecule has 2 aromatic rings. The molecule has 0 aromatic heterocycles. The third kappa shape index (κ3) is 5.93. The van der Waals surface area contributed by atoms with E-state index in [-0.39, 0.29) is 0 Å². The van der Waals surface area contributed by atoms with Gasteiger partial charge in [0.05, 0.1) is 0 Å². The predicted molar refractivity (Wildman–Crippen MR) is 140 cm³/mol. The van der Waals surface area contributed by atoms with Crippen LogP contribution in [0.3, 0.4) is 0 Å². The summed E-state index contributed by atoms with van der Waals surface area (Å²) in [7, 11) is 0. The summed E-state index contributed by atoms with van der Waals surface area (Å²) in [6.45, 7) is 11.9. The largest absolute Gasteiger partial charge is 0.371 e. The van der Waals surface area contributed by atoms with Gasteiger partial charge in [-0.1, -0.05) is 50.1 Å². The second-order valence-electron chi connectivity index (χ2n) is 8.63. The molecule has 0 fully saturated rings.